The minimum Gasteiger partial charge on any atom is -0.346 e. The predicted molar refractivity (Wildman–Crippen MR) is 84.5 cm³/mol. The summed E-state index contributed by atoms with van der Waals surface area (Å²) >= 11 is 6.27. The van der Waals surface area contributed by atoms with E-state index in [4.69, 9.17) is 11.6 Å². The minimum absolute atomic E-state index is 0.102. The zero-order chi connectivity index (χ0) is 15.0. The van der Waals surface area contributed by atoms with Crippen molar-refractivity contribution in [3.63, 3.8) is 0 Å². The summed E-state index contributed by atoms with van der Waals surface area (Å²) in [7, 11) is 0. The maximum absolute atomic E-state index is 12.7. The van der Waals surface area contributed by atoms with Crippen LogP contribution in [-0.4, -0.2) is 11.4 Å². The topological polar surface area (TPSA) is 29.1 Å². The van der Waals surface area contributed by atoms with E-state index in [2.05, 4.69) is 25.2 Å². The third kappa shape index (κ3) is 2.26. The summed E-state index contributed by atoms with van der Waals surface area (Å²) in [5.74, 6) is 0.102. The molecule has 0 saturated heterocycles. The quantitative estimate of drug-likeness (QED) is 0.810. The third-order valence-corrected chi connectivity index (χ3v) is 4.69. The Morgan fingerprint density at radius 2 is 1.70 bits per heavy atom. The van der Waals surface area contributed by atoms with Crippen LogP contribution in [0.4, 0.5) is 0 Å². The maximum atomic E-state index is 12.7. The average molecular weight is 292 g/mol. The molecule has 108 valence electrons. The van der Waals surface area contributed by atoms with Gasteiger partial charge in [-0.2, -0.15) is 0 Å². The third-order valence-electron chi connectivity index (χ3n) is 4.46. The average Bonchev–Trinajstić information content (AvgIpc) is 2.35. The van der Waals surface area contributed by atoms with Crippen molar-refractivity contribution in [2.75, 3.05) is 0 Å². The molecule has 0 bridgehead atoms. The lowest BCUT2D eigenvalue weighted by Crippen LogP contribution is -2.56. The molecule has 1 aliphatic carbocycles. The molecule has 0 radical (unpaired) electrons. The first kappa shape index (κ1) is 15.1. The first-order valence-corrected chi connectivity index (χ1v) is 7.55. The van der Waals surface area contributed by atoms with Gasteiger partial charge in [-0.1, -0.05) is 43.7 Å². The van der Waals surface area contributed by atoms with E-state index < -0.39 is 5.41 Å². The fourth-order valence-electron chi connectivity index (χ4n) is 3.14. The Bertz CT molecular complexity index is 545. The van der Waals surface area contributed by atoms with Crippen LogP contribution in [0.3, 0.4) is 0 Å². The zero-order valence-corrected chi connectivity index (χ0v) is 13.3. The first-order valence-electron chi connectivity index (χ1n) is 7.17. The molecule has 0 spiro atoms. The van der Waals surface area contributed by atoms with Crippen molar-refractivity contribution < 1.29 is 4.79 Å². The Morgan fingerprint density at radius 3 is 2.30 bits per heavy atom. The monoisotopic (exact) mass is 291 g/mol. The zero-order valence-electron chi connectivity index (χ0n) is 12.6. The molecule has 1 N–H and O–H groups in total. The van der Waals surface area contributed by atoms with E-state index in [1.165, 1.54) is 0 Å². The van der Waals surface area contributed by atoms with Crippen LogP contribution >= 0.6 is 11.6 Å². The molecule has 2 aliphatic rings. The Kier molecular flexibility index (Phi) is 3.97. The second kappa shape index (κ2) is 5.25. The van der Waals surface area contributed by atoms with E-state index in [1.807, 2.05) is 38.2 Å². The number of halogens is 1. The van der Waals surface area contributed by atoms with Gasteiger partial charge in [0.05, 0.1) is 11.0 Å². The van der Waals surface area contributed by atoms with Gasteiger partial charge in [0, 0.05) is 5.03 Å². The SMILES string of the molecule is CCC1(CC)C(=O)NC(C)(C)C2=C1/C=C(Cl)\C=C\C=C2. The lowest BCUT2D eigenvalue weighted by atomic mass is 9.66. The minimum atomic E-state index is -0.486. The summed E-state index contributed by atoms with van der Waals surface area (Å²) in [4.78, 5) is 12.7. The maximum Gasteiger partial charge on any atom is 0.231 e. The number of rotatable bonds is 2. The van der Waals surface area contributed by atoms with Crippen molar-refractivity contribution in [1.29, 1.82) is 0 Å². The van der Waals surface area contributed by atoms with Crippen LogP contribution in [0.5, 0.6) is 0 Å². The summed E-state index contributed by atoms with van der Waals surface area (Å²) in [5, 5.41) is 3.83. The van der Waals surface area contributed by atoms with Gasteiger partial charge >= 0.3 is 0 Å². The van der Waals surface area contributed by atoms with Gasteiger partial charge in [-0.05, 0) is 50.0 Å². The van der Waals surface area contributed by atoms with Gasteiger partial charge in [0.25, 0.3) is 0 Å². The molecule has 1 heterocycles. The summed E-state index contributed by atoms with van der Waals surface area (Å²) in [6.45, 7) is 8.19. The number of hydrogen-bond acceptors (Lipinski definition) is 1. The van der Waals surface area contributed by atoms with Gasteiger partial charge in [-0.3, -0.25) is 4.79 Å². The van der Waals surface area contributed by atoms with Crippen LogP contribution in [0.1, 0.15) is 40.5 Å². The molecule has 1 amide bonds. The number of hydrogen-bond donors (Lipinski definition) is 1. The molecule has 0 aromatic rings. The fraction of sp³-hybridized carbons (Fsp3) is 0.471. The summed E-state index contributed by atoms with van der Waals surface area (Å²) in [5.41, 5.74) is 1.33. The fourth-order valence-corrected chi connectivity index (χ4v) is 3.32. The van der Waals surface area contributed by atoms with E-state index >= 15 is 0 Å². The molecular weight excluding hydrogens is 270 g/mol. The molecule has 0 unspecified atom stereocenters. The van der Waals surface area contributed by atoms with Gasteiger partial charge in [-0.25, -0.2) is 0 Å². The first-order chi connectivity index (χ1) is 9.37. The number of carbonyl (C=O) groups is 1. The summed E-state index contributed by atoms with van der Waals surface area (Å²) in [6.07, 6.45) is 11.4. The highest BCUT2D eigenvalue weighted by molar-refractivity contribution is 6.31. The lowest BCUT2D eigenvalue weighted by Gasteiger charge is -2.45. The van der Waals surface area contributed by atoms with Crippen molar-refractivity contribution in [2.45, 2.75) is 46.1 Å². The van der Waals surface area contributed by atoms with Crippen molar-refractivity contribution in [1.82, 2.24) is 5.32 Å². The standard InChI is InChI=1S/C17H22ClNO/c1-5-17(6-2)14-11-12(18)9-7-8-10-13(14)16(3,4)19-15(17)20/h7-11H,5-6H2,1-4H3,(H,19,20)/b8-7?,9-7+,10-8?,12-9?,12-11+,13-10?,14-11?. The molecule has 3 heteroatoms. The Labute approximate surface area is 126 Å². The van der Waals surface area contributed by atoms with Gasteiger partial charge in [0.1, 0.15) is 0 Å². The number of nitrogens with one attached hydrogen (secondary N) is 1. The van der Waals surface area contributed by atoms with E-state index in [0.29, 0.717) is 5.03 Å². The van der Waals surface area contributed by atoms with Crippen LogP contribution < -0.4 is 5.32 Å². The summed E-state index contributed by atoms with van der Waals surface area (Å²) in [6, 6.07) is 0. The molecule has 0 atom stereocenters. The number of amides is 1. The van der Waals surface area contributed by atoms with Crippen LogP contribution in [-0.2, 0) is 4.79 Å². The second-order valence-electron chi connectivity index (χ2n) is 5.94. The number of carbonyl (C=O) groups excluding carboxylic acids is 1. The van der Waals surface area contributed by atoms with Gasteiger partial charge in [0.15, 0.2) is 0 Å². The molecule has 1 aliphatic heterocycles. The van der Waals surface area contributed by atoms with Crippen LogP contribution in [0.2, 0.25) is 0 Å². The van der Waals surface area contributed by atoms with Crippen molar-refractivity contribution >= 4 is 17.5 Å². The Morgan fingerprint density at radius 1 is 1.10 bits per heavy atom. The largest absolute Gasteiger partial charge is 0.346 e. The molecule has 2 rings (SSSR count). The summed E-state index contributed by atoms with van der Waals surface area (Å²) < 4.78 is 0. The smallest absolute Gasteiger partial charge is 0.231 e. The number of allylic oxidation sites excluding steroid dienone is 5. The van der Waals surface area contributed by atoms with E-state index in [1.54, 1.807) is 0 Å². The lowest BCUT2D eigenvalue weighted by molar-refractivity contribution is -0.131. The van der Waals surface area contributed by atoms with Gasteiger partial charge in [0.2, 0.25) is 5.91 Å². The van der Waals surface area contributed by atoms with Crippen LogP contribution in [0.15, 0.2) is 46.6 Å². The molecule has 0 aromatic carbocycles. The highest BCUT2D eigenvalue weighted by atomic mass is 35.5. The molecule has 2 nitrogen and oxygen atoms in total. The highest BCUT2D eigenvalue weighted by Crippen LogP contribution is 2.45. The van der Waals surface area contributed by atoms with E-state index in [0.717, 1.165) is 24.0 Å². The molecule has 20 heavy (non-hydrogen) atoms. The molecule has 0 fully saturated rings. The molecular formula is C17H22ClNO. The normalized spacial score (nSPS) is 27.9. The predicted octanol–water partition coefficient (Wildman–Crippen LogP) is 4.25. The van der Waals surface area contributed by atoms with Crippen LogP contribution in [0, 0.1) is 5.41 Å². The van der Waals surface area contributed by atoms with Gasteiger partial charge in [-0.15, -0.1) is 0 Å². The second-order valence-corrected chi connectivity index (χ2v) is 6.38. The molecule has 0 aromatic heterocycles. The Balaban J connectivity index is 2.77. The van der Waals surface area contributed by atoms with E-state index in [9.17, 15) is 4.79 Å². The van der Waals surface area contributed by atoms with Gasteiger partial charge < -0.3 is 5.32 Å². The van der Waals surface area contributed by atoms with Crippen molar-refractivity contribution in [3.05, 3.63) is 46.6 Å². The Hall–Kier alpha value is -1.28. The van der Waals surface area contributed by atoms with Crippen molar-refractivity contribution in [3.8, 4) is 0 Å². The van der Waals surface area contributed by atoms with Crippen molar-refractivity contribution in [2.24, 2.45) is 5.41 Å². The molecule has 0 saturated carbocycles. The van der Waals surface area contributed by atoms with E-state index in [-0.39, 0.29) is 11.4 Å². The highest BCUT2D eigenvalue weighted by Gasteiger charge is 2.47. The van der Waals surface area contributed by atoms with Crippen LogP contribution in [0.25, 0.3) is 0 Å².